The van der Waals surface area contributed by atoms with Gasteiger partial charge in [-0.15, -0.1) is 16.9 Å². The average molecular weight is 346 g/mol. The highest BCUT2D eigenvalue weighted by Crippen LogP contribution is 2.24. The van der Waals surface area contributed by atoms with Crippen LogP contribution in [0, 0.1) is 0 Å². The van der Waals surface area contributed by atoms with E-state index in [-0.39, 0.29) is 11.9 Å². The summed E-state index contributed by atoms with van der Waals surface area (Å²) in [7, 11) is 0. The highest BCUT2D eigenvalue weighted by Gasteiger charge is 2.25. The van der Waals surface area contributed by atoms with Crippen LogP contribution in [0.25, 0.3) is 0 Å². The average Bonchev–Trinajstić information content (AvgIpc) is 3.12. The van der Waals surface area contributed by atoms with Crippen molar-refractivity contribution in [2.45, 2.75) is 36.8 Å². The van der Waals surface area contributed by atoms with E-state index in [9.17, 15) is 9.90 Å². The second-order valence-corrected chi connectivity index (χ2v) is 6.93. The van der Waals surface area contributed by atoms with Crippen molar-refractivity contribution in [2.75, 3.05) is 19.3 Å². The molecule has 0 saturated carbocycles. The summed E-state index contributed by atoms with van der Waals surface area (Å²) in [5.74, 6) is 0.0874. The van der Waals surface area contributed by atoms with E-state index in [1.54, 1.807) is 24.9 Å². The third-order valence-corrected chi connectivity index (χ3v) is 5.16. The summed E-state index contributed by atoms with van der Waals surface area (Å²) in [4.78, 5) is 15.6. The van der Waals surface area contributed by atoms with Crippen LogP contribution in [-0.2, 0) is 0 Å². The second-order valence-electron chi connectivity index (χ2n) is 6.05. The Hall–Kier alpha value is -1.86. The van der Waals surface area contributed by atoms with Gasteiger partial charge in [0.1, 0.15) is 5.69 Å². The maximum absolute atomic E-state index is 12.6. The number of likely N-dealkylation sites (tertiary alicyclic amines) is 1. The summed E-state index contributed by atoms with van der Waals surface area (Å²) in [6.45, 7) is 3.09. The largest absolute Gasteiger partial charge is 0.387 e. The molecule has 1 atom stereocenters. The number of carbonyl (C=O) groups excluding carboxylic acids is 1. The minimum atomic E-state index is -0.607. The molecular formula is C17H22N4O2S. The van der Waals surface area contributed by atoms with Gasteiger partial charge < -0.3 is 10.0 Å². The van der Waals surface area contributed by atoms with E-state index in [4.69, 9.17) is 0 Å². The molecule has 0 unspecified atom stereocenters. The lowest BCUT2D eigenvalue weighted by molar-refractivity contribution is 0.0689. The summed E-state index contributed by atoms with van der Waals surface area (Å²) in [5, 5.41) is 17.6. The fourth-order valence-corrected chi connectivity index (χ4v) is 3.32. The van der Waals surface area contributed by atoms with Gasteiger partial charge >= 0.3 is 0 Å². The first kappa shape index (κ1) is 17.0. The van der Waals surface area contributed by atoms with Crippen LogP contribution in [0.1, 0.15) is 48.0 Å². The molecule has 0 aliphatic carbocycles. The Morgan fingerprint density at radius 2 is 1.96 bits per heavy atom. The van der Waals surface area contributed by atoms with E-state index >= 15 is 0 Å². The Morgan fingerprint density at radius 1 is 1.29 bits per heavy atom. The van der Waals surface area contributed by atoms with Gasteiger partial charge in [0.25, 0.3) is 5.91 Å². The van der Waals surface area contributed by atoms with Crippen molar-refractivity contribution in [1.29, 1.82) is 0 Å². The first-order valence-corrected chi connectivity index (χ1v) is 9.34. The summed E-state index contributed by atoms with van der Waals surface area (Å²) < 4.78 is 1.82. The molecule has 1 amide bonds. The summed E-state index contributed by atoms with van der Waals surface area (Å²) in [5.41, 5.74) is 1.32. The predicted octanol–water partition coefficient (Wildman–Crippen LogP) is 2.53. The van der Waals surface area contributed by atoms with Crippen molar-refractivity contribution in [2.24, 2.45) is 0 Å². The van der Waals surface area contributed by atoms with Crippen molar-refractivity contribution >= 4 is 17.7 Å². The van der Waals surface area contributed by atoms with Crippen LogP contribution in [0.2, 0.25) is 0 Å². The Balaban J connectivity index is 1.60. The van der Waals surface area contributed by atoms with Crippen LogP contribution >= 0.6 is 11.8 Å². The normalized spacial score (nSPS) is 17.0. The molecule has 3 rings (SSSR count). The van der Waals surface area contributed by atoms with Crippen LogP contribution in [0.4, 0.5) is 0 Å². The first-order valence-electron chi connectivity index (χ1n) is 8.11. The number of piperidine rings is 1. The molecule has 1 aromatic carbocycles. The lowest BCUT2D eigenvalue weighted by atomic mass is 10.0. The zero-order valence-corrected chi connectivity index (χ0v) is 14.7. The topological polar surface area (TPSA) is 71.2 Å². The molecule has 7 heteroatoms. The van der Waals surface area contributed by atoms with E-state index in [2.05, 4.69) is 10.3 Å². The van der Waals surface area contributed by atoms with Gasteiger partial charge in [-0.05, 0) is 50.3 Å². The molecule has 1 aliphatic rings. The lowest BCUT2D eigenvalue weighted by Crippen LogP contribution is -2.39. The number of hydrogen-bond acceptors (Lipinski definition) is 5. The number of aliphatic hydroxyl groups excluding tert-OH is 1. The lowest BCUT2D eigenvalue weighted by Gasteiger charge is -2.32. The summed E-state index contributed by atoms with van der Waals surface area (Å²) >= 11 is 1.67. The van der Waals surface area contributed by atoms with Gasteiger partial charge in [-0.2, -0.15) is 0 Å². The summed E-state index contributed by atoms with van der Waals surface area (Å²) in [6.07, 6.45) is 4.90. The number of benzene rings is 1. The highest BCUT2D eigenvalue weighted by atomic mass is 32.2. The third-order valence-electron chi connectivity index (χ3n) is 4.42. The maximum atomic E-state index is 12.6. The molecule has 0 spiro atoms. The van der Waals surface area contributed by atoms with Gasteiger partial charge in [-0.25, -0.2) is 4.68 Å². The number of aliphatic hydroxyl groups is 1. The Labute approximate surface area is 145 Å². The molecule has 0 bridgehead atoms. The van der Waals surface area contributed by atoms with Crippen molar-refractivity contribution in [3.05, 3.63) is 41.7 Å². The van der Waals surface area contributed by atoms with Crippen molar-refractivity contribution < 1.29 is 9.90 Å². The van der Waals surface area contributed by atoms with Gasteiger partial charge in [-0.3, -0.25) is 4.79 Å². The smallest absolute Gasteiger partial charge is 0.253 e. The second kappa shape index (κ2) is 7.36. The van der Waals surface area contributed by atoms with Crippen LogP contribution in [0.3, 0.4) is 0 Å². The molecule has 6 nitrogen and oxygen atoms in total. The first-order chi connectivity index (χ1) is 11.6. The van der Waals surface area contributed by atoms with Crippen LogP contribution in [0.15, 0.2) is 35.4 Å². The fourth-order valence-electron chi connectivity index (χ4n) is 2.91. The number of hydrogen-bond donors (Lipinski definition) is 1. The van der Waals surface area contributed by atoms with Crippen LogP contribution in [0.5, 0.6) is 0 Å². The van der Waals surface area contributed by atoms with Crippen LogP contribution in [-0.4, -0.2) is 50.3 Å². The number of amides is 1. The van der Waals surface area contributed by atoms with Crippen LogP contribution < -0.4 is 0 Å². The van der Waals surface area contributed by atoms with Gasteiger partial charge in [0.2, 0.25) is 0 Å². The SMILES string of the molecule is CSc1ccc(C(=O)N2CCC(n3cc([C@H](C)O)nn3)CC2)cc1. The number of nitrogens with zero attached hydrogens (tertiary/aromatic N) is 4. The van der Waals surface area contributed by atoms with Gasteiger partial charge in [0.05, 0.1) is 18.3 Å². The van der Waals surface area contributed by atoms with Gasteiger partial charge in [0.15, 0.2) is 0 Å². The van der Waals surface area contributed by atoms with Crippen molar-refractivity contribution in [3.8, 4) is 0 Å². The number of thioether (sulfide) groups is 1. The Kier molecular flexibility index (Phi) is 5.20. The van der Waals surface area contributed by atoms with Crippen molar-refractivity contribution in [1.82, 2.24) is 19.9 Å². The monoisotopic (exact) mass is 346 g/mol. The van der Waals surface area contributed by atoms with E-state index in [0.717, 1.165) is 23.3 Å². The zero-order valence-electron chi connectivity index (χ0n) is 13.9. The van der Waals surface area contributed by atoms with E-state index in [0.29, 0.717) is 18.8 Å². The highest BCUT2D eigenvalue weighted by molar-refractivity contribution is 7.98. The third kappa shape index (κ3) is 3.62. The van der Waals surface area contributed by atoms with Crippen molar-refractivity contribution in [3.63, 3.8) is 0 Å². The standard InChI is InChI=1S/C17H22N4O2S/c1-12(22)16-11-21(19-18-16)14-7-9-20(10-8-14)17(23)13-3-5-15(24-2)6-4-13/h3-6,11-12,14,22H,7-10H2,1-2H3/t12-/m0/s1. The molecule has 1 aliphatic heterocycles. The molecule has 24 heavy (non-hydrogen) atoms. The Morgan fingerprint density at radius 3 is 2.50 bits per heavy atom. The Bertz CT molecular complexity index is 691. The van der Waals surface area contributed by atoms with Gasteiger partial charge in [-0.1, -0.05) is 5.21 Å². The summed E-state index contributed by atoms with van der Waals surface area (Å²) in [6, 6.07) is 7.99. The number of carbonyl (C=O) groups is 1. The fraction of sp³-hybridized carbons (Fsp3) is 0.471. The number of rotatable bonds is 4. The predicted molar refractivity (Wildman–Crippen MR) is 93.1 cm³/mol. The van der Waals surface area contributed by atoms with Gasteiger partial charge in [0, 0.05) is 23.5 Å². The van der Waals surface area contributed by atoms with E-state index in [1.807, 2.05) is 40.1 Å². The molecule has 1 fully saturated rings. The molecular weight excluding hydrogens is 324 g/mol. The molecule has 2 heterocycles. The maximum Gasteiger partial charge on any atom is 0.253 e. The molecule has 1 saturated heterocycles. The molecule has 128 valence electrons. The van der Waals surface area contributed by atoms with E-state index in [1.165, 1.54) is 0 Å². The molecule has 1 N–H and O–H groups in total. The minimum Gasteiger partial charge on any atom is -0.387 e. The molecule has 0 radical (unpaired) electrons. The zero-order chi connectivity index (χ0) is 17.1. The quantitative estimate of drug-likeness (QED) is 0.862. The van der Waals surface area contributed by atoms with E-state index < -0.39 is 6.10 Å². The molecule has 2 aromatic rings. The number of aromatic nitrogens is 3. The molecule has 1 aromatic heterocycles. The minimum absolute atomic E-state index is 0.0874.